The lowest BCUT2D eigenvalue weighted by molar-refractivity contribution is -0.137. The number of phenolic OH excluding ortho intramolecular Hbond substituents is 1. The van der Waals surface area contributed by atoms with E-state index in [-0.39, 0.29) is 11.8 Å². The van der Waals surface area contributed by atoms with Crippen molar-refractivity contribution in [1.29, 1.82) is 0 Å². The fourth-order valence-electron chi connectivity index (χ4n) is 5.35. The Morgan fingerprint density at radius 2 is 1.69 bits per heavy atom. The summed E-state index contributed by atoms with van der Waals surface area (Å²) in [6.07, 6.45) is -0.384. The maximum absolute atomic E-state index is 13.2. The van der Waals surface area contributed by atoms with Crippen molar-refractivity contribution >= 4 is 6.08 Å². The second-order valence-corrected chi connectivity index (χ2v) is 10.4. The Morgan fingerprint density at radius 3 is 2.38 bits per heavy atom. The minimum atomic E-state index is -4.37. The minimum absolute atomic E-state index is 0.0575. The van der Waals surface area contributed by atoms with Crippen molar-refractivity contribution < 1.29 is 23.0 Å². The number of ether oxygens (including phenoxy) is 1. The number of aryl methyl sites for hydroxylation is 2. The predicted molar refractivity (Wildman–Crippen MR) is 153 cm³/mol. The number of phenols is 1. The fraction of sp³-hybridized carbons (Fsp3) is 0.323. The summed E-state index contributed by atoms with van der Waals surface area (Å²) in [5, 5.41) is 22.9. The Balaban J connectivity index is 1.41. The summed E-state index contributed by atoms with van der Waals surface area (Å²) < 4.78 is 46.7. The Morgan fingerprint density at radius 1 is 0.976 bits per heavy atom. The summed E-state index contributed by atoms with van der Waals surface area (Å²) in [5.41, 5.74) is 3.85. The van der Waals surface area contributed by atoms with Crippen molar-refractivity contribution in [3.05, 3.63) is 100 Å². The number of aromatic nitrogens is 4. The molecule has 1 aliphatic rings. The van der Waals surface area contributed by atoms with Gasteiger partial charge in [-0.3, -0.25) is 9.80 Å². The van der Waals surface area contributed by atoms with E-state index in [1.165, 1.54) is 19.2 Å². The molecule has 11 heteroatoms. The molecule has 0 radical (unpaired) electrons. The molecule has 220 valence electrons. The van der Waals surface area contributed by atoms with E-state index in [1.807, 2.05) is 44.2 Å². The third-order valence-corrected chi connectivity index (χ3v) is 7.54. The first-order valence-electron chi connectivity index (χ1n) is 13.7. The van der Waals surface area contributed by atoms with Crippen molar-refractivity contribution in [3.8, 4) is 17.2 Å². The zero-order valence-electron chi connectivity index (χ0n) is 23.7. The van der Waals surface area contributed by atoms with Crippen molar-refractivity contribution in [3.63, 3.8) is 0 Å². The first-order chi connectivity index (χ1) is 20.1. The van der Waals surface area contributed by atoms with Crippen LogP contribution in [0.1, 0.15) is 39.7 Å². The molecular weight excluding hydrogens is 545 g/mol. The molecular formula is C31H33F3N6O2. The largest absolute Gasteiger partial charge is 0.504 e. The third kappa shape index (κ3) is 6.47. The van der Waals surface area contributed by atoms with Gasteiger partial charge in [0.05, 0.1) is 24.4 Å². The van der Waals surface area contributed by atoms with Gasteiger partial charge in [-0.05, 0) is 64.7 Å². The summed E-state index contributed by atoms with van der Waals surface area (Å²) in [7, 11) is 1.50. The van der Waals surface area contributed by atoms with E-state index in [0.717, 1.165) is 28.4 Å². The van der Waals surface area contributed by atoms with Gasteiger partial charge in [-0.15, -0.1) is 5.10 Å². The van der Waals surface area contributed by atoms with E-state index < -0.39 is 11.7 Å². The minimum Gasteiger partial charge on any atom is -0.504 e. The molecule has 5 rings (SSSR count). The van der Waals surface area contributed by atoms with Crippen molar-refractivity contribution in [2.75, 3.05) is 33.3 Å². The molecule has 1 N–H and O–H groups in total. The topological polar surface area (TPSA) is 79.5 Å². The Kier molecular flexibility index (Phi) is 8.60. The monoisotopic (exact) mass is 578 g/mol. The van der Waals surface area contributed by atoms with Gasteiger partial charge in [-0.1, -0.05) is 54.6 Å². The summed E-state index contributed by atoms with van der Waals surface area (Å²) >= 11 is 0. The summed E-state index contributed by atoms with van der Waals surface area (Å²) in [5.74, 6) is 1.08. The molecule has 1 atom stereocenters. The van der Waals surface area contributed by atoms with Crippen molar-refractivity contribution in [2.45, 2.75) is 32.6 Å². The Hall–Kier alpha value is -4.22. The molecule has 2 heterocycles. The van der Waals surface area contributed by atoms with Crippen LogP contribution in [0.2, 0.25) is 0 Å². The molecule has 1 saturated heterocycles. The highest BCUT2D eigenvalue weighted by molar-refractivity contribution is 5.56. The van der Waals surface area contributed by atoms with Crippen LogP contribution in [-0.4, -0.2) is 68.4 Å². The van der Waals surface area contributed by atoms with Crippen molar-refractivity contribution in [1.82, 2.24) is 30.0 Å². The zero-order valence-corrected chi connectivity index (χ0v) is 23.7. The standard InChI is InChI=1S/C31H33F3N6O2/c1-21-6-4-7-22(2)29(21)40-30(35-36-37-40)26(12-10-23-11-13-27(41)28(19-23)42-3)39-16-14-38(15-17-39)20-24-8-5-9-25(18-24)31(32,33)34/h4-13,18-19,26,41H,14-17,20H2,1-3H3/b12-10+. The number of methoxy groups -OCH3 is 1. The average Bonchev–Trinajstić information content (AvgIpc) is 3.43. The van der Waals surface area contributed by atoms with Crippen molar-refractivity contribution in [2.24, 2.45) is 0 Å². The summed E-state index contributed by atoms with van der Waals surface area (Å²) in [6, 6.07) is 16.4. The third-order valence-electron chi connectivity index (χ3n) is 7.54. The number of nitrogens with zero attached hydrogens (tertiary/aromatic N) is 6. The average molecular weight is 579 g/mol. The Labute approximate surface area is 242 Å². The van der Waals surface area contributed by atoms with E-state index in [1.54, 1.807) is 28.9 Å². The van der Waals surface area contributed by atoms with Crippen LogP contribution in [0.15, 0.2) is 66.7 Å². The highest BCUT2D eigenvalue weighted by Gasteiger charge is 2.31. The van der Waals surface area contributed by atoms with Crippen LogP contribution in [0.25, 0.3) is 11.8 Å². The molecule has 1 aromatic heterocycles. The number of rotatable bonds is 8. The number of tetrazole rings is 1. The lowest BCUT2D eigenvalue weighted by Gasteiger charge is -2.38. The molecule has 42 heavy (non-hydrogen) atoms. The quantitative estimate of drug-likeness (QED) is 0.292. The molecule has 0 saturated carbocycles. The van der Waals surface area contributed by atoms with Crippen LogP contribution in [0.5, 0.6) is 11.5 Å². The van der Waals surface area contributed by atoms with Gasteiger partial charge >= 0.3 is 6.18 Å². The second kappa shape index (κ2) is 12.3. The zero-order chi connectivity index (χ0) is 29.9. The molecule has 4 aromatic rings. The van der Waals surface area contributed by atoms with Gasteiger partial charge in [-0.2, -0.15) is 17.9 Å². The van der Waals surface area contributed by atoms with Crippen LogP contribution >= 0.6 is 0 Å². The molecule has 0 aliphatic carbocycles. The van der Waals surface area contributed by atoms with Gasteiger partial charge in [0.2, 0.25) is 0 Å². The van der Waals surface area contributed by atoms with Gasteiger partial charge in [0.15, 0.2) is 17.3 Å². The number of piperazine rings is 1. The number of benzene rings is 3. The van der Waals surface area contributed by atoms with Gasteiger partial charge in [0.1, 0.15) is 0 Å². The molecule has 3 aromatic carbocycles. The highest BCUT2D eigenvalue weighted by atomic mass is 19.4. The van der Waals surface area contributed by atoms with E-state index >= 15 is 0 Å². The number of halogens is 3. The van der Waals surface area contributed by atoms with Gasteiger partial charge in [0, 0.05) is 32.7 Å². The van der Waals surface area contributed by atoms with Crippen LogP contribution in [-0.2, 0) is 12.7 Å². The van der Waals surface area contributed by atoms with Gasteiger partial charge in [0.25, 0.3) is 0 Å². The van der Waals surface area contributed by atoms with E-state index in [2.05, 4.69) is 25.3 Å². The molecule has 1 fully saturated rings. The number of para-hydroxylation sites is 1. The molecule has 0 amide bonds. The first-order valence-corrected chi connectivity index (χ1v) is 13.7. The van der Waals surface area contributed by atoms with Crippen LogP contribution < -0.4 is 4.74 Å². The number of hydrogen-bond acceptors (Lipinski definition) is 7. The first kappa shape index (κ1) is 29.3. The molecule has 0 spiro atoms. The smallest absolute Gasteiger partial charge is 0.416 e. The number of hydrogen-bond donors (Lipinski definition) is 1. The van der Waals surface area contributed by atoms with Crippen LogP contribution in [0.4, 0.5) is 13.2 Å². The van der Waals surface area contributed by atoms with E-state index in [9.17, 15) is 18.3 Å². The predicted octanol–water partition coefficient (Wildman–Crippen LogP) is 5.58. The molecule has 8 nitrogen and oxygen atoms in total. The fourth-order valence-corrected chi connectivity index (χ4v) is 5.35. The number of alkyl halides is 3. The van der Waals surface area contributed by atoms with E-state index in [4.69, 9.17) is 4.74 Å². The maximum Gasteiger partial charge on any atom is 0.416 e. The lowest BCUT2D eigenvalue weighted by Crippen LogP contribution is -2.47. The normalized spacial score (nSPS) is 15.8. The molecule has 0 bridgehead atoms. The second-order valence-electron chi connectivity index (χ2n) is 10.4. The Bertz CT molecular complexity index is 1540. The summed E-state index contributed by atoms with van der Waals surface area (Å²) in [4.78, 5) is 4.43. The SMILES string of the molecule is COc1cc(/C=C/C(c2nnnn2-c2c(C)cccc2C)N2CCN(Cc3cccc(C(F)(F)F)c3)CC2)ccc1O. The van der Waals surface area contributed by atoms with Gasteiger partial charge in [-0.25, -0.2) is 0 Å². The van der Waals surface area contributed by atoms with E-state index in [0.29, 0.717) is 49.9 Å². The van der Waals surface area contributed by atoms with Gasteiger partial charge < -0.3 is 9.84 Å². The highest BCUT2D eigenvalue weighted by Crippen LogP contribution is 2.32. The maximum atomic E-state index is 13.2. The summed E-state index contributed by atoms with van der Waals surface area (Å²) in [6.45, 7) is 7.13. The van der Waals surface area contributed by atoms with Crippen LogP contribution in [0, 0.1) is 13.8 Å². The molecule has 1 aliphatic heterocycles. The lowest BCUT2D eigenvalue weighted by atomic mass is 10.1. The molecule has 1 unspecified atom stereocenters. The van der Waals surface area contributed by atoms with Crippen LogP contribution in [0.3, 0.4) is 0 Å². The number of aromatic hydroxyl groups is 1.